The summed E-state index contributed by atoms with van der Waals surface area (Å²) >= 11 is 0. The van der Waals surface area contributed by atoms with Gasteiger partial charge in [-0.1, -0.05) is 36.3 Å². The molecule has 1 aromatic carbocycles. The van der Waals surface area contributed by atoms with Crippen molar-refractivity contribution in [3.63, 3.8) is 0 Å². The molecule has 2 heteroatoms. The second-order valence-electron chi connectivity index (χ2n) is 5.83. The summed E-state index contributed by atoms with van der Waals surface area (Å²) in [5.74, 6) is 1.48. The lowest BCUT2D eigenvalue weighted by molar-refractivity contribution is -0.117. The Kier molecular flexibility index (Phi) is 3.41. The summed E-state index contributed by atoms with van der Waals surface area (Å²) in [6.45, 7) is 2.05. The molecule has 1 N–H and O–H groups in total. The highest BCUT2D eigenvalue weighted by Crippen LogP contribution is 2.51. The first-order chi connectivity index (χ1) is 9.25. The van der Waals surface area contributed by atoms with Crippen LogP contribution in [0, 0.1) is 24.7 Å². The minimum atomic E-state index is 0.199. The number of carbonyl (C=O) groups excluding carboxylic acids is 1. The number of nitrogens with one attached hydrogen (secondary N) is 1. The summed E-state index contributed by atoms with van der Waals surface area (Å²) < 4.78 is 0. The molecular formula is C17H21NO. The van der Waals surface area contributed by atoms with Crippen LogP contribution in [0.15, 0.2) is 36.4 Å². The zero-order chi connectivity index (χ0) is 13.2. The SMILES string of the molecule is Cc1ccc(NC(=O)[C@H]2[C@@H]3C=CCCCC[C@@H]32)cc1. The van der Waals surface area contributed by atoms with Gasteiger partial charge in [-0.05, 0) is 50.2 Å². The average Bonchev–Trinajstić information content (AvgIpc) is 3.03. The molecule has 1 amide bonds. The Morgan fingerprint density at radius 2 is 2.00 bits per heavy atom. The summed E-state index contributed by atoms with van der Waals surface area (Å²) in [7, 11) is 0. The maximum absolute atomic E-state index is 12.3. The van der Waals surface area contributed by atoms with Crippen LogP contribution in [0.4, 0.5) is 5.69 Å². The molecule has 2 nitrogen and oxygen atoms in total. The first-order valence-electron chi connectivity index (χ1n) is 7.30. The number of hydrogen-bond donors (Lipinski definition) is 1. The molecule has 0 unspecified atom stereocenters. The fourth-order valence-corrected chi connectivity index (χ4v) is 3.16. The summed E-state index contributed by atoms with van der Waals surface area (Å²) in [5, 5.41) is 3.06. The molecule has 3 rings (SSSR count). The van der Waals surface area contributed by atoms with Gasteiger partial charge in [-0.2, -0.15) is 0 Å². The molecule has 0 radical (unpaired) electrons. The highest BCUT2D eigenvalue weighted by atomic mass is 16.2. The Hall–Kier alpha value is -1.57. The van der Waals surface area contributed by atoms with Gasteiger partial charge in [-0.3, -0.25) is 4.79 Å². The molecule has 0 aliphatic heterocycles. The highest BCUT2D eigenvalue weighted by molar-refractivity contribution is 5.95. The van der Waals surface area contributed by atoms with Gasteiger partial charge in [0.15, 0.2) is 0 Å². The molecule has 19 heavy (non-hydrogen) atoms. The molecule has 0 heterocycles. The van der Waals surface area contributed by atoms with Crippen LogP contribution in [0.5, 0.6) is 0 Å². The van der Waals surface area contributed by atoms with E-state index in [2.05, 4.69) is 24.4 Å². The van der Waals surface area contributed by atoms with E-state index in [0.29, 0.717) is 11.8 Å². The largest absolute Gasteiger partial charge is 0.326 e. The molecule has 0 aromatic heterocycles. The molecule has 2 aliphatic carbocycles. The van der Waals surface area contributed by atoms with Gasteiger partial charge in [0.2, 0.25) is 5.91 Å². The maximum atomic E-state index is 12.3. The van der Waals surface area contributed by atoms with Crippen molar-refractivity contribution in [3.8, 4) is 0 Å². The number of rotatable bonds is 2. The van der Waals surface area contributed by atoms with Crippen molar-refractivity contribution in [2.75, 3.05) is 5.32 Å². The van der Waals surface area contributed by atoms with Crippen LogP contribution in [0.1, 0.15) is 31.2 Å². The Bertz CT molecular complexity index is 488. The van der Waals surface area contributed by atoms with Crippen LogP contribution in [-0.2, 0) is 4.79 Å². The standard InChI is InChI=1S/C17H21NO/c1-12-8-10-13(11-9-12)18-17(19)16-14-6-4-2-3-5-7-15(14)16/h4,6,8-11,14-16H,2-3,5,7H2,1H3,(H,18,19)/t14-,15+,16+/m1/s1. The lowest BCUT2D eigenvalue weighted by Gasteiger charge is -2.05. The van der Waals surface area contributed by atoms with Crippen molar-refractivity contribution in [1.82, 2.24) is 0 Å². The molecule has 3 atom stereocenters. The topological polar surface area (TPSA) is 29.1 Å². The number of amides is 1. The van der Waals surface area contributed by atoms with E-state index in [1.807, 2.05) is 24.3 Å². The molecule has 1 saturated carbocycles. The number of fused-ring (bicyclic) bond motifs is 1. The Morgan fingerprint density at radius 1 is 1.21 bits per heavy atom. The molecule has 0 bridgehead atoms. The summed E-state index contributed by atoms with van der Waals surface area (Å²) in [5.41, 5.74) is 2.13. The minimum Gasteiger partial charge on any atom is -0.326 e. The van der Waals surface area contributed by atoms with Crippen molar-refractivity contribution in [3.05, 3.63) is 42.0 Å². The van der Waals surface area contributed by atoms with E-state index in [1.54, 1.807) is 0 Å². The van der Waals surface area contributed by atoms with E-state index >= 15 is 0 Å². The first-order valence-corrected chi connectivity index (χ1v) is 7.30. The van der Waals surface area contributed by atoms with Gasteiger partial charge in [0.25, 0.3) is 0 Å². The number of carbonyl (C=O) groups is 1. The van der Waals surface area contributed by atoms with Crippen LogP contribution in [0.25, 0.3) is 0 Å². The van der Waals surface area contributed by atoms with E-state index in [0.717, 1.165) is 5.69 Å². The van der Waals surface area contributed by atoms with Crippen LogP contribution in [0.3, 0.4) is 0 Å². The Labute approximate surface area is 114 Å². The zero-order valence-corrected chi connectivity index (χ0v) is 11.4. The Morgan fingerprint density at radius 3 is 2.79 bits per heavy atom. The molecule has 1 aromatic rings. The zero-order valence-electron chi connectivity index (χ0n) is 11.4. The normalized spacial score (nSPS) is 29.0. The number of allylic oxidation sites excluding steroid dienone is 2. The molecule has 0 saturated heterocycles. The molecule has 0 spiro atoms. The fourth-order valence-electron chi connectivity index (χ4n) is 3.16. The Balaban J connectivity index is 1.64. The average molecular weight is 255 g/mol. The summed E-state index contributed by atoms with van der Waals surface area (Å²) in [6.07, 6.45) is 9.45. The molecule has 1 fully saturated rings. The quantitative estimate of drug-likeness (QED) is 0.797. The smallest absolute Gasteiger partial charge is 0.228 e. The fraction of sp³-hybridized carbons (Fsp3) is 0.471. The number of benzene rings is 1. The number of anilines is 1. The van der Waals surface area contributed by atoms with Crippen LogP contribution >= 0.6 is 0 Å². The third-order valence-corrected chi connectivity index (χ3v) is 4.37. The molecule has 100 valence electrons. The third-order valence-electron chi connectivity index (χ3n) is 4.37. The van der Waals surface area contributed by atoms with Crippen LogP contribution < -0.4 is 5.32 Å². The minimum absolute atomic E-state index is 0.199. The van der Waals surface area contributed by atoms with Crippen LogP contribution in [-0.4, -0.2) is 5.91 Å². The van der Waals surface area contributed by atoms with Crippen LogP contribution in [0.2, 0.25) is 0 Å². The monoisotopic (exact) mass is 255 g/mol. The van der Waals surface area contributed by atoms with E-state index in [-0.39, 0.29) is 11.8 Å². The van der Waals surface area contributed by atoms with E-state index in [9.17, 15) is 4.79 Å². The second kappa shape index (κ2) is 5.20. The van der Waals surface area contributed by atoms with Crippen molar-refractivity contribution in [2.24, 2.45) is 17.8 Å². The summed E-state index contributed by atoms with van der Waals surface area (Å²) in [6, 6.07) is 8.03. The van der Waals surface area contributed by atoms with Crippen molar-refractivity contribution in [1.29, 1.82) is 0 Å². The lowest BCUT2D eigenvalue weighted by Crippen LogP contribution is -2.15. The number of aryl methyl sites for hydroxylation is 1. The number of hydrogen-bond acceptors (Lipinski definition) is 1. The maximum Gasteiger partial charge on any atom is 0.228 e. The summed E-state index contributed by atoms with van der Waals surface area (Å²) in [4.78, 5) is 12.3. The van der Waals surface area contributed by atoms with Gasteiger partial charge in [-0.15, -0.1) is 0 Å². The van der Waals surface area contributed by atoms with E-state index < -0.39 is 0 Å². The van der Waals surface area contributed by atoms with Crippen molar-refractivity contribution in [2.45, 2.75) is 32.6 Å². The lowest BCUT2D eigenvalue weighted by atomic mass is 10.1. The van der Waals surface area contributed by atoms with Gasteiger partial charge in [0.05, 0.1) is 0 Å². The third kappa shape index (κ3) is 2.73. The predicted octanol–water partition coefficient (Wildman–Crippen LogP) is 3.93. The first kappa shape index (κ1) is 12.5. The molecule has 2 aliphatic rings. The van der Waals surface area contributed by atoms with E-state index in [1.165, 1.54) is 31.2 Å². The predicted molar refractivity (Wildman–Crippen MR) is 77.9 cm³/mol. The van der Waals surface area contributed by atoms with Crippen molar-refractivity contribution < 1.29 is 4.79 Å². The highest BCUT2D eigenvalue weighted by Gasteiger charge is 2.52. The van der Waals surface area contributed by atoms with Gasteiger partial charge in [0.1, 0.15) is 0 Å². The van der Waals surface area contributed by atoms with Gasteiger partial charge >= 0.3 is 0 Å². The van der Waals surface area contributed by atoms with Crippen molar-refractivity contribution >= 4 is 11.6 Å². The second-order valence-corrected chi connectivity index (χ2v) is 5.83. The van der Waals surface area contributed by atoms with Gasteiger partial charge in [-0.25, -0.2) is 0 Å². The molecular weight excluding hydrogens is 234 g/mol. The van der Waals surface area contributed by atoms with Gasteiger partial charge in [0, 0.05) is 11.6 Å². The van der Waals surface area contributed by atoms with E-state index in [4.69, 9.17) is 0 Å². The van der Waals surface area contributed by atoms with Gasteiger partial charge < -0.3 is 5.32 Å².